The fourth-order valence-corrected chi connectivity index (χ4v) is 2.40. The zero-order valence-electron chi connectivity index (χ0n) is 12.5. The molecule has 0 aliphatic rings. The van der Waals surface area contributed by atoms with E-state index in [1.165, 1.54) is 0 Å². The maximum absolute atomic E-state index is 12.3. The third-order valence-corrected chi connectivity index (χ3v) is 3.64. The molecule has 0 atom stereocenters. The molecule has 0 saturated carbocycles. The minimum absolute atomic E-state index is 0.181. The molecule has 0 saturated heterocycles. The molecule has 2 amide bonds. The second-order valence-corrected chi connectivity index (χ2v) is 5.74. The van der Waals surface area contributed by atoms with Crippen LogP contribution in [0.1, 0.15) is 20.9 Å². The average Bonchev–Trinajstić information content (AvgIpc) is 3.03. The normalized spacial score (nSPS) is 10.2. The molecule has 3 aromatic rings. The molecule has 1 aromatic heterocycles. The molecule has 24 heavy (non-hydrogen) atoms. The molecule has 0 unspecified atom stereocenters. The molecule has 6 heteroatoms. The highest BCUT2D eigenvalue weighted by Crippen LogP contribution is 2.17. The van der Waals surface area contributed by atoms with Crippen LogP contribution in [0.3, 0.4) is 0 Å². The topological polar surface area (TPSA) is 71.3 Å². The lowest BCUT2D eigenvalue weighted by Gasteiger charge is -2.07. The van der Waals surface area contributed by atoms with Crippen molar-refractivity contribution in [1.82, 2.24) is 0 Å². The van der Waals surface area contributed by atoms with E-state index in [9.17, 15) is 9.59 Å². The summed E-state index contributed by atoms with van der Waals surface area (Å²) in [6, 6.07) is 19.1. The van der Waals surface area contributed by atoms with E-state index in [-0.39, 0.29) is 17.6 Å². The first-order chi connectivity index (χ1) is 11.6. The molecule has 2 aromatic carbocycles. The minimum Gasteiger partial charge on any atom is -0.444 e. The third kappa shape index (κ3) is 3.91. The monoisotopic (exact) mass is 384 g/mol. The summed E-state index contributed by atoms with van der Waals surface area (Å²) >= 11 is 3.15. The smallest absolute Gasteiger partial charge is 0.291 e. The van der Waals surface area contributed by atoms with E-state index >= 15 is 0 Å². The van der Waals surface area contributed by atoms with Gasteiger partial charge in [-0.1, -0.05) is 24.3 Å². The van der Waals surface area contributed by atoms with Crippen molar-refractivity contribution in [3.8, 4) is 0 Å². The Balaban J connectivity index is 1.72. The van der Waals surface area contributed by atoms with Gasteiger partial charge in [-0.15, -0.1) is 0 Å². The van der Waals surface area contributed by atoms with Crippen LogP contribution in [-0.2, 0) is 0 Å². The molecule has 1 heterocycles. The Bertz CT molecular complexity index is 875. The molecule has 120 valence electrons. The van der Waals surface area contributed by atoms with Crippen molar-refractivity contribution in [2.75, 3.05) is 10.6 Å². The van der Waals surface area contributed by atoms with Crippen molar-refractivity contribution in [3.63, 3.8) is 0 Å². The van der Waals surface area contributed by atoms with Gasteiger partial charge < -0.3 is 15.1 Å². The summed E-state index contributed by atoms with van der Waals surface area (Å²) in [5.41, 5.74) is 1.66. The van der Waals surface area contributed by atoms with Crippen LogP contribution in [0.2, 0.25) is 0 Å². The molecule has 0 radical (unpaired) electrons. The first-order valence-corrected chi connectivity index (χ1v) is 7.94. The summed E-state index contributed by atoms with van der Waals surface area (Å²) in [6.45, 7) is 0. The summed E-state index contributed by atoms with van der Waals surface area (Å²) in [6.07, 6.45) is 0. The van der Waals surface area contributed by atoms with E-state index in [2.05, 4.69) is 26.6 Å². The molecule has 0 fully saturated rings. The zero-order chi connectivity index (χ0) is 16.9. The van der Waals surface area contributed by atoms with Gasteiger partial charge >= 0.3 is 0 Å². The predicted octanol–water partition coefficient (Wildman–Crippen LogP) is 4.55. The first-order valence-electron chi connectivity index (χ1n) is 7.15. The number of hydrogen-bond acceptors (Lipinski definition) is 3. The second kappa shape index (κ2) is 7.14. The molecule has 0 aliphatic heterocycles. The van der Waals surface area contributed by atoms with Gasteiger partial charge in [-0.3, -0.25) is 9.59 Å². The number of carbonyl (C=O) groups is 2. The van der Waals surface area contributed by atoms with Crippen molar-refractivity contribution >= 4 is 39.1 Å². The standard InChI is InChI=1S/C18H13BrN2O3/c19-16-10-9-15(24-16)18(23)21-14-8-4-5-12(11-14)17(22)20-13-6-2-1-3-7-13/h1-11H,(H,20,22)(H,21,23). The number of anilines is 2. The molecule has 5 nitrogen and oxygen atoms in total. The number of benzene rings is 2. The Morgan fingerprint density at radius 3 is 2.21 bits per heavy atom. The lowest BCUT2D eigenvalue weighted by atomic mass is 10.1. The fourth-order valence-electron chi connectivity index (χ4n) is 2.09. The van der Waals surface area contributed by atoms with Gasteiger partial charge in [0.15, 0.2) is 10.4 Å². The molecule has 2 N–H and O–H groups in total. The van der Waals surface area contributed by atoms with E-state index in [0.29, 0.717) is 21.6 Å². The van der Waals surface area contributed by atoms with Crippen LogP contribution in [0.15, 0.2) is 75.8 Å². The SMILES string of the molecule is O=C(Nc1ccccc1)c1cccc(NC(=O)c2ccc(Br)o2)c1. The van der Waals surface area contributed by atoms with Crippen LogP contribution in [0, 0.1) is 0 Å². The Labute approximate surface area is 146 Å². The number of rotatable bonds is 4. The number of para-hydroxylation sites is 1. The largest absolute Gasteiger partial charge is 0.444 e. The van der Waals surface area contributed by atoms with Crippen LogP contribution < -0.4 is 10.6 Å². The van der Waals surface area contributed by atoms with E-state index in [1.54, 1.807) is 48.5 Å². The van der Waals surface area contributed by atoms with E-state index < -0.39 is 0 Å². The highest BCUT2D eigenvalue weighted by Gasteiger charge is 2.12. The van der Waals surface area contributed by atoms with Gasteiger partial charge in [0, 0.05) is 16.9 Å². The van der Waals surface area contributed by atoms with Gasteiger partial charge in [-0.25, -0.2) is 0 Å². The van der Waals surface area contributed by atoms with Gasteiger partial charge in [-0.05, 0) is 58.4 Å². The van der Waals surface area contributed by atoms with E-state index in [0.717, 1.165) is 0 Å². The molecule has 0 bridgehead atoms. The van der Waals surface area contributed by atoms with Crippen LogP contribution in [0.25, 0.3) is 0 Å². The third-order valence-electron chi connectivity index (χ3n) is 3.21. The summed E-state index contributed by atoms with van der Waals surface area (Å²) < 4.78 is 5.68. The van der Waals surface area contributed by atoms with E-state index in [1.807, 2.05) is 18.2 Å². The Kier molecular flexibility index (Phi) is 4.77. The zero-order valence-corrected chi connectivity index (χ0v) is 14.0. The van der Waals surface area contributed by atoms with Gasteiger partial charge in [0.1, 0.15) is 0 Å². The first kappa shape index (κ1) is 16.0. The van der Waals surface area contributed by atoms with Crippen LogP contribution in [0.5, 0.6) is 0 Å². The van der Waals surface area contributed by atoms with Crippen molar-refractivity contribution in [1.29, 1.82) is 0 Å². The van der Waals surface area contributed by atoms with Crippen molar-refractivity contribution in [2.45, 2.75) is 0 Å². The minimum atomic E-state index is -0.388. The van der Waals surface area contributed by atoms with Crippen molar-refractivity contribution < 1.29 is 14.0 Å². The van der Waals surface area contributed by atoms with Crippen LogP contribution in [-0.4, -0.2) is 11.8 Å². The number of furan rings is 1. The highest BCUT2D eigenvalue weighted by molar-refractivity contribution is 9.10. The fraction of sp³-hybridized carbons (Fsp3) is 0. The summed E-state index contributed by atoms with van der Waals surface area (Å²) in [5, 5.41) is 5.49. The van der Waals surface area contributed by atoms with Crippen molar-refractivity contribution in [2.24, 2.45) is 0 Å². The summed E-state index contributed by atoms with van der Waals surface area (Å²) in [5.74, 6) is -0.458. The lowest BCUT2D eigenvalue weighted by Crippen LogP contribution is -2.14. The molecule has 0 spiro atoms. The number of hydrogen-bond donors (Lipinski definition) is 2. The summed E-state index contributed by atoms with van der Waals surface area (Å²) in [7, 11) is 0. The van der Waals surface area contributed by atoms with Crippen LogP contribution >= 0.6 is 15.9 Å². The number of amides is 2. The Morgan fingerprint density at radius 2 is 1.50 bits per heavy atom. The molecule has 0 aliphatic carbocycles. The van der Waals surface area contributed by atoms with Gasteiger partial charge in [0.25, 0.3) is 11.8 Å². The quantitative estimate of drug-likeness (QED) is 0.692. The van der Waals surface area contributed by atoms with Crippen molar-refractivity contribution in [3.05, 3.63) is 82.7 Å². The van der Waals surface area contributed by atoms with Gasteiger partial charge in [0.2, 0.25) is 0 Å². The maximum Gasteiger partial charge on any atom is 0.291 e. The van der Waals surface area contributed by atoms with Crippen LogP contribution in [0.4, 0.5) is 11.4 Å². The number of carbonyl (C=O) groups excluding carboxylic acids is 2. The van der Waals surface area contributed by atoms with Gasteiger partial charge in [0.05, 0.1) is 0 Å². The number of halogens is 1. The predicted molar refractivity (Wildman–Crippen MR) is 95.2 cm³/mol. The number of nitrogens with one attached hydrogen (secondary N) is 2. The molecular weight excluding hydrogens is 372 g/mol. The Hall–Kier alpha value is -2.86. The molecular formula is C18H13BrN2O3. The Morgan fingerprint density at radius 1 is 0.792 bits per heavy atom. The molecule has 3 rings (SSSR count). The highest BCUT2D eigenvalue weighted by atomic mass is 79.9. The van der Waals surface area contributed by atoms with Gasteiger partial charge in [-0.2, -0.15) is 0 Å². The maximum atomic E-state index is 12.3. The lowest BCUT2D eigenvalue weighted by molar-refractivity contribution is 0.0992. The summed E-state index contributed by atoms with van der Waals surface area (Å²) in [4.78, 5) is 24.4. The average molecular weight is 385 g/mol. The second-order valence-electron chi connectivity index (χ2n) is 4.96. The van der Waals surface area contributed by atoms with E-state index in [4.69, 9.17) is 4.42 Å².